The van der Waals surface area contributed by atoms with E-state index in [1.165, 1.54) is 38.4 Å². The molecule has 0 unspecified atom stereocenters. The first-order valence-electron chi connectivity index (χ1n) is 7.76. The zero-order valence-corrected chi connectivity index (χ0v) is 15.5. The van der Waals surface area contributed by atoms with E-state index in [9.17, 15) is 18.0 Å². The number of hydrogen-bond donors (Lipinski definition) is 1. The van der Waals surface area contributed by atoms with Gasteiger partial charge in [0.15, 0.2) is 6.61 Å². The number of hydrogen-bond acceptors (Lipinski definition) is 5. The Morgan fingerprint density at radius 1 is 1.08 bits per heavy atom. The Balaban J connectivity index is 1.93. The molecule has 0 radical (unpaired) electrons. The van der Waals surface area contributed by atoms with Crippen LogP contribution in [0.4, 0.5) is 5.69 Å². The van der Waals surface area contributed by atoms with Crippen molar-refractivity contribution in [2.45, 2.75) is 11.8 Å². The monoisotopic (exact) mass is 376 g/mol. The number of nitrogens with zero attached hydrogens (tertiary/aromatic N) is 1. The molecule has 2 aromatic carbocycles. The molecule has 2 aromatic rings. The number of sulfonamides is 1. The molecule has 8 heteroatoms. The number of esters is 1. The number of amides is 1. The molecule has 0 bridgehead atoms. The van der Waals surface area contributed by atoms with Crippen LogP contribution < -0.4 is 5.32 Å². The number of ether oxygens (including phenoxy) is 1. The van der Waals surface area contributed by atoms with Gasteiger partial charge in [0.25, 0.3) is 5.91 Å². The summed E-state index contributed by atoms with van der Waals surface area (Å²) < 4.78 is 30.0. The molecule has 138 valence electrons. The van der Waals surface area contributed by atoms with Gasteiger partial charge in [0.1, 0.15) is 0 Å². The van der Waals surface area contributed by atoms with Crippen LogP contribution in [0, 0.1) is 6.92 Å². The van der Waals surface area contributed by atoms with Crippen molar-refractivity contribution in [2.75, 3.05) is 26.0 Å². The predicted molar refractivity (Wildman–Crippen MR) is 97.4 cm³/mol. The van der Waals surface area contributed by atoms with E-state index < -0.39 is 28.5 Å². The predicted octanol–water partition coefficient (Wildman–Crippen LogP) is 2.04. The van der Waals surface area contributed by atoms with E-state index in [0.717, 1.165) is 9.87 Å². The van der Waals surface area contributed by atoms with E-state index in [2.05, 4.69) is 5.32 Å². The molecule has 7 nitrogen and oxygen atoms in total. The van der Waals surface area contributed by atoms with Gasteiger partial charge < -0.3 is 10.1 Å². The van der Waals surface area contributed by atoms with Crippen LogP contribution in [0.15, 0.2) is 53.4 Å². The minimum atomic E-state index is -3.53. The van der Waals surface area contributed by atoms with Gasteiger partial charge in [0.2, 0.25) is 10.0 Å². The number of nitrogens with one attached hydrogen (secondary N) is 1. The number of rotatable bonds is 6. The van der Waals surface area contributed by atoms with E-state index in [1.807, 2.05) is 13.0 Å². The smallest absolute Gasteiger partial charge is 0.338 e. The summed E-state index contributed by atoms with van der Waals surface area (Å²) >= 11 is 0. The van der Waals surface area contributed by atoms with Crippen molar-refractivity contribution in [3.8, 4) is 0 Å². The summed E-state index contributed by atoms with van der Waals surface area (Å²) in [6.07, 6.45) is 0. The molecule has 2 rings (SSSR count). The molecule has 1 N–H and O–H groups in total. The van der Waals surface area contributed by atoms with Crippen LogP contribution in [0.1, 0.15) is 15.9 Å². The lowest BCUT2D eigenvalue weighted by Gasteiger charge is -2.12. The molecule has 1 amide bonds. The van der Waals surface area contributed by atoms with Crippen molar-refractivity contribution in [1.29, 1.82) is 0 Å². The molecular formula is C18H20N2O5S. The molecule has 0 aliphatic heterocycles. The molecule has 26 heavy (non-hydrogen) atoms. The molecule has 0 heterocycles. The van der Waals surface area contributed by atoms with Crippen molar-refractivity contribution < 1.29 is 22.7 Å². The fourth-order valence-corrected chi connectivity index (χ4v) is 3.01. The standard InChI is InChI=1S/C18H20N2O5S/c1-13-5-4-6-14(11-13)18(22)25-12-17(21)19-15-7-9-16(10-8-15)26(23,24)20(2)3/h4-11H,12H2,1-3H3,(H,19,21). The van der Waals surface area contributed by atoms with Crippen molar-refractivity contribution in [1.82, 2.24) is 4.31 Å². The van der Waals surface area contributed by atoms with Crippen LogP contribution in [-0.2, 0) is 19.6 Å². The molecule has 0 spiro atoms. The molecule has 0 saturated heterocycles. The zero-order valence-electron chi connectivity index (χ0n) is 14.7. The second kappa shape index (κ2) is 8.11. The van der Waals surface area contributed by atoms with Crippen LogP contribution in [-0.4, -0.2) is 45.3 Å². The van der Waals surface area contributed by atoms with E-state index >= 15 is 0 Å². The van der Waals surface area contributed by atoms with Crippen molar-refractivity contribution in [3.63, 3.8) is 0 Å². The second-order valence-corrected chi connectivity index (χ2v) is 7.96. The van der Waals surface area contributed by atoms with Gasteiger partial charge in [-0.05, 0) is 43.3 Å². The van der Waals surface area contributed by atoms with Crippen LogP contribution in [0.3, 0.4) is 0 Å². The summed E-state index contributed by atoms with van der Waals surface area (Å²) in [5, 5.41) is 2.54. The van der Waals surface area contributed by atoms with Crippen LogP contribution in [0.25, 0.3) is 0 Å². The third kappa shape index (κ3) is 4.90. The maximum absolute atomic E-state index is 12.0. The van der Waals surface area contributed by atoms with Gasteiger partial charge in [-0.1, -0.05) is 17.7 Å². The molecule has 0 aromatic heterocycles. The lowest BCUT2D eigenvalue weighted by atomic mass is 10.1. The molecule has 0 aliphatic carbocycles. The van der Waals surface area contributed by atoms with E-state index in [1.54, 1.807) is 18.2 Å². The summed E-state index contributed by atoms with van der Waals surface area (Å²) in [5.41, 5.74) is 1.69. The summed E-state index contributed by atoms with van der Waals surface area (Å²) in [4.78, 5) is 23.9. The number of carbonyl (C=O) groups excluding carboxylic acids is 2. The SMILES string of the molecule is Cc1cccc(C(=O)OCC(=O)Nc2ccc(S(=O)(=O)N(C)C)cc2)c1. The highest BCUT2D eigenvalue weighted by Gasteiger charge is 2.17. The zero-order chi connectivity index (χ0) is 19.3. The first kappa shape index (κ1) is 19.6. The fraction of sp³-hybridized carbons (Fsp3) is 0.222. The average molecular weight is 376 g/mol. The van der Waals surface area contributed by atoms with E-state index in [-0.39, 0.29) is 4.90 Å². The van der Waals surface area contributed by atoms with E-state index in [0.29, 0.717) is 11.3 Å². The van der Waals surface area contributed by atoms with Crippen molar-refractivity contribution >= 4 is 27.6 Å². The van der Waals surface area contributed by atoms with E-state index in [4.69, 9.17) is 4.74 Å². The normalized spacial score (nSPS) is 11.2. The van der Waals surface area contributed by atoms with Gasteiger partial charge in [0, 0.05) is 19.8 Å². The molecule has 0 aliphatic rings. The van der Waals surface area contributed by atoms with Crippen LogP contribution in [0.2, 0.25) is 0 Å². The molecular weight excluding hydrogens is 356 g/mol. The Labute approximate surface area is 152 Å². The van der Waals surface area contributed by atoms with Gasteiger partial charge in [0.05, 0.1) is 10.5 Å². The third-order valence-electron chi connectivity index (χ3n) is 3.50. The number of benzene rings is 2. The average Bonchev–Trinajstić information content (AvgIpc) is 2.60. The Kier molecular flexibility index (Phi) is 6.12. The highest BCUT2D eigenvalue weighted by molar-refractivity contribution is 7.89. The Hall–Kier alpha value is -2.71. The highest BCUT2D eigenvalue weighted by Crippen LogP contribution is 2.16. The molecule has 0 atom stereocenters. The van der Waals surface area contributed by atoms with Gasteiger partial charge in [-0.3, -0.25) is 4.79 Å². The second-order valence-electron chi connectivity index (χ2n) is 5.81. The minimum absolute atomic E-state index is 0.117. The quantitative estimate of drug-likeness (QED) is 0.779. The minimum Gasteiger partial charge on any atom is -0.452 e. The van der Waals surface area contributed by atoms with Crippen molar-refractivity contribution in [2.24, 2.45) is 0 Å². The third-order valence-corrected chi connectivity index (χ3v) is 5.33. The fourth-order valence-electron chi connectivity index (χ4n) is 2.10. The van der Waals surface area contributed by atoms with Gasteiger partial charge >= 0.3 is 5.97 Å². The number of aryl methyl sites for hydroxylation is 1. The first-order chi connectivity index (χ1) is 12.2. The maximum Gasteiger partial charge on any atom is 0.338 e. The lowest BCUT2D eigenvalue weighted by Crippen LogP contribution is -2.22. The van der Waals surface area contributed by atoms with Gasteiger partial charge in [-0.25, -0.2) is 17.5 Å². The van der Waals surface area contributed by atoms with Gasteiger partial charge in [-0.2, -0.15) is 0 Å². The largest absolute Gasteiger partial charge is 0.452 e. The van der Waals surface area contributed by atoms with Crippen LogP contribution in [0.5, 0.6) is 0 Å². The Bertz CT molecular complexity index is 905. The highest BCUT2D eigenvalue weighted by atomic mass is 32.2. The summed E-state index contributed by atoms with van der Waals surface area (Å²) in [7, 11) is -0.650. The number of anilines is 1. The summed E-state index contributed by atoms with van der Waals surface area (Å²) in [6.45, 7) is 1.41. The Morgan fingerprint density at radius 3 is 2.31 bits per heavy atom. The van der Waals surface area contributed by atoms with Gasteiger partial charge in [-0.15, -0.1) is 0 Å². The topological polar surface area (TPSA) is 92.8 Å². The maximum atomic E-state index is 12.0. The van der Waals surface area contributed by atoms with Crippen molar-refractivity contribution in [3.05, 3.63) is 59.7 Å². The summed E-state index contributed by atoms with van der Waals surface area (Å²) in [5.74, 6) is -1.11. The molecule has 0 saturated carbocycles. The number of carbonyl (C=O) groups is 2. The first-order valence-corrected chi connectivity index (χ1v) is 9.20. The lowest BCUT2D eigenvalue weighted by molar-refractivity contribution is -0.119. The molecule has 0 fully saturated rings. The summed E-state index contributed by atoms with van der Waals surface area (Å²) in [6, 6.07) is 12.6. The Morgan fingerprint density at radius 2 is 1.73 bits per heavy atom. The van der Waals surface area contributed by atoms with Crippen LogP contribution >= 0.6 is 0 Å².